The van der Waals surface area contributed by atoms with Gasteiger partial charge in [0.25, 0.3) is 0 Å². The van der Waals surface area contributed by atoms with Gasteiger partial charge in [-0.15, -0.1) is 0 Å². The molecule has 2 N–H and O–H groups in total. The van der Waals surface area contributed by atoms with Crippen molar-refractivity contribution in [3.8, 4) is 5.75 Å². The van der Waals surface area contributed by atoms with Crippen molar-refractivity contribution in [2.75, 3.05) is 7.11 Å². The Labute approximate surface area is 135 Å². The first-order valence-corrected chi connectivity index (χ1v) is 7.62. The Balaban J connectivity index is 1.66. The van der Waals surface area contributed by atoms with Crippen molar-refractivity contribution in [2.24, 2.45) is 0 Å². The normalized spacial score (nSPS) is 10.7. The maximum Gasteiger partial charge on any atom is 0.224 e. The minimum Gasteiger partial charge on any atom is -0.497 e. The molecule has 0 fully saturated rings. The van der Waals surface area contributed by atoms with Crippen LogP contribution in [0.25, 0.3) is 10.9 Å². The van der Waals surface area contributed by atoms with Gasteiger partial charge in [-0.25, -0.2) is 0 Å². The number of ether oxygens (including phenoxy) is 1. The van der Waals surface area contributed by atoms with Gasteiger partial charge in [-0.2, -0.15) is 0 Å². The predicted octanol–water partition coefficient (Wildman–Crippen LogP) is 3.34. The average molecular weight is 308 g/mol. The third-order valence-corrected chi connectivity index (χ3v) is 3.94. The highest BCUT2D eigenvalue weighted by atomic mass is 16.5. The molecule has 0 atom stereocenters. The standard InChI is InChI=1S/C19H20N2O2/c1-13-3-5-14(6-4-13)11-21-19(22)9-15-12-20-18-8-7-16(23-2)10-17(15)18/h3-8,10,12,20H,9,11H2,1-2H3,(H,21,22). The van der Waals surface area contributed by atoms with Gasteiger partial charge in [0.15, 0.2) is 0 Å². The van der Waals surface area contributed by atoms with Crippen LogP contribution in [0.4, 0.5) is 0 Å². The third-order valence-electron chi connectivity index (χ3n) is 3.94. The van der Waals surface area contributed by atoms with E-state index in [1.165, 1.54) is 5.56 Å². The third kappa shape index (κ3) is 3.54. The van der Waals surface area contributed by atoms with Crippen molar-refractivity contribution in [3.63, 3.8) is 0 Å². The molecule has 0 spiro atoms. The number of amides is 1. The van der Waals surface area contributed by atoms with E-state index < -0.39 is 0 Å². The fourth-order valence-corrected chi connectivity index (χ4v) is 2.57. The zero-order valence-corrected chi connectivity index (χ0v) is 13.3. The molecule has 1 aromatic heterocycles. The molecular weight excluding hydrogens is 288 g/mol. The second-order valence-electron chi connectivity index (χ2n) is 5.66. The number of hydrogen-bond acceptors (Lipinski definition) is 2. The molecule has 0 saturated carbocycles. The largest absolute Gasteiger partial charge is 0.497 e. The molecule has 0 radical (unpaired) electrons. The summed E-state index contributed by atoms with van der Waals surface area (Å²) < 4.78 is 5.25. The van der Waals surface area contributed by atoms with Crippen molar-refractivity contribution in [1.82, 2.24) is 10.3 Å². The quantitative estimate of drug-likeness (QED) is 0.759. The van der Waals surface area contributed by atoms with E-state index in [-0.39, 0.29) is 5.91 Å². The van der Waals surface area contributed by atoms with Gasteiger partial charge in [-0.05, 0) is 36.2 Å². The van der Waals surface area contributed by atoms with Gasteiger partial charge >= 0.3 is 0 Å². The van der Waals surface area contributed by atoms with E-state index in [0.29, 0.717) is 13.0 Å². The van der Waals surface area contributed by atoms with Crippen LogP contribution in [-0.2, 0) is 17.8 Å². The second-order valence-corrected chi connectivity index (χ2v) is 5.66. The molecule has 23 heavy (non-hydrogen) atoms. The van der Waals surface area contributed by atoms with Crippen LogP contribution in [0.1, 0.15) is 16.7 Å². The molecule has 1 heterocycles. The predicted molar refractivity (Wildman–Crippen MR) is 91.6 cm³/mol. The smallest absolute Gasteiger partial charge is 0.224 e. The molecule has 0 aliphatic carbocycles. The summed E-state index contributed by atoms with van der Waals surface area (Å²) in [4.78, 5) is 15.4. The number of benzene rings is 2. The monoisotopic (exact) mass is 308 g/mol. The molecule has 0 aliphatic heterocycles. The number of hydrogen-bond donors (Lipinski definition) is 2. The minimum atomic E-state index is 0.00861. The molecule has 0 unspecified atom stereocenters. The van der Waals surface area contributed by atoms with E-state index in [9.17, 15) is 4.79 Å². The first kappa shape index (κ1) is 15.2. The molecule has 2 aromatic carbocycles. The number of aryl methyl sites for hydroxylation is 1. The van der Waals surface area contributed by atoms with Crippen LogP contribution in [0.2, 0.25) is 0 Å². The van der Waals surface area contributed by atoms with Crippen molar-refractivity contribution in [3.05, 3.63) is 65.4 Å². The Morgan fingerprint density at radius 3 is 2.70 bits per heavy atom. The van der Waals surface area contributed by atoms with Crippen LogP contribution in [0, 0.1) is 6.92 Å². The lowest BCUT2D eigenvalue weighted by Gasteiger charge is -2.06. The Bertz CT molecular complexity index is 819. The first-order valence-electron chi connectivity index (χ1n) is 7.62. The molecule has 0 bridgehead atoms. The van der Waals surface area contributed by atoms with E-state index in [1.54, 1.807) is 7.11 Å². The highest BCUT2D eigenvalue weighted by molar-refractivity contribution is 5.89. The molecule has 4 heteroatoms. The van der Waals surface area contributed by atoms with Crippen LogP contribution in [0.3, 0.4) is 0 Å². The van der Waals surface area contributed by atoms with E-state index in [1.807, 2.05) is 55.6 Å². The van der Waals surface area contributed by atoms with Crippen LogP contribution < -0.4 is 10.1 Å². The number of carbonyl (C=O) groups excluding carboxylic acids is 1. The zero-order chi connectivity index (χ0) is 16.2. The summed E-state index contributed by atoms with van der Waals surface area (Å²) in [6, 6.07) is 14.0. The van der Waals surface area contributed by atoms with E-state index >= 15 is 0 Å². The van der Waals surface area contributed by atoms with E-state index in [2.05, 4.69) is 10.3 Å². The molecule has 4 nitrogen and oxygen atoms in total. The zero-order valence-electron chi connectivity index (χ0n) is 13.3. The second kappa shape index (κ2) is 6.57. The summed E-state index contributed by atoms with van der Waals surface area (Å²) in [6.07, 6.45) is 2.23. The summed E-state index contributed by atoms with van der Waals surface area (Å²) in [5.74, 6) is 0.799. The highest BCUT2D eigenvalue weighted by Gasteiger charge is 2.09. The number of nitrogens with one attached hydrogen (secondary N) is 2. The lowest BCUT2D eigenvalue weighted by molar-refractivity contribution is -0.120. The van der Waals surface area contributed by atoms with Gasteiger partial charge in [0.05, 0.1) is 13.5 Å². The maximum atomic E-state index is 12.2. The highest BCUT2D eigenvalue weighted by Crippen LogP contribution is 2.23. The van der Waals surface area contributed by atoms with Gasteiger partial charge in [0.2, 0.25) is 5.91 Å². The summed E-state index contributed by atoms with van der Waals surface area (Å²) in [5.41, 5.74) is 4.30. The number of carbonyl (C=O) groups is 1. The van der Waals surface area contributed by atoms with Crippen LogP contribution in [0.5, 0.6) is 5.75 Å². The van der Waals surface area contributed by atoms with Gasteiger partial charge in [0, 0.05) is 23.6 Å². The molecule has 118 valence electrons. The van der Waals surface area contributed by atoms with E-state index in [0.717, 1.165) is 27.8 Å². The van der Waals surface area contributed by atoms with Crippen molar-refractivity contribution in [2.45, 2.75) is 19.9 Å². The number of aromatic amines is 1. The topological polar surface area (TPSA) is 54.1 Å². The minimum absolute atomic E-state index is 0.00861. The number of aromatic nitrogens is 1. The fourth-order valence-electron chi connectivity index (χ4n) is 2.57. The SMILES string of the molecule is COc1ccc2[nH]cc(CC(=O)NCc3ccc(C)cc3)c2c1. The van der Waals surface area contributed by atoms with Gasteiger partial charge in [0.1, 0.15) is 5.75 Å². The number of H-pyrrole nitrogens is 1. The summed E-state index contributed by atoms with van der Waals surface area (Å²) in [6.45, 7) is 2.60. The van der Waals surface area contributed by atoms with Gasteiger partial charge in [-0.1, -0.05) is 29.8 Å². The Hall–Kier alpha value is -2.75. The molecule has 1 amide bonds. The number of methoxy groups -OCH3 is 1. The molecular formula is C19H20N2O2. The van der Waals surface area contributed by atoms with Crippen molar-refractivity contribution in [1.29, 1.82) is 0 Å². The van der Waals surface area contributed by atoms with Crippen molar-refractivity contribution >= 4 is 16.8 Å². The number of fused-ring (bicyclic) bond motifs is 1. The lowest BCUT2D eigenvalue weighted by atomic mass is 10.1. The average Bonchev–Trinajstić information content (AvgIpc) is 2.96. The molecule has 0 aliphatic rings. The van der Waals surface area contributed by atoms with Crippen molar-refractivity contribution < 1.29 is 9.53 Å². The Morgan fingerprint density at radius 2 is 1.96 bits per heavy atom. The maximum absolute atomic E-state index is 12.2. The molecule has 3 rings (SSSR count). The van der Waals surface area contributed by atoms with Crippen LogP contribution in [0.15, 0.2) is 48.7 Å². The lowest BCUT2D eigenvalue weighted by Crippen LogP contribution is -2.24. The van der Waals surface area contributed by atoms with Gasteiger partial charge < -0.3 is 15.0 Å². The fraction of sp³-hybridized carbons (Fsp3) is 0.211. The van der Waals surface area contributed by atoms with Crippen LogP contribution in [-0.4, -0.2) is 18.0 Å². The summed E-state index contributed by atoms with van der Waals surface area (Å²) >= 11 is 0. The van der Waals surface area contributed by atoms with E-state index in [4.69, 9.17) is 4.74 Å². The summed E-state index contributed by atoms with van der Waals surface area (Å²) in [7, 11) is 1.64. The molecule has 0 saturated heterocycles. The molecule has 3 aromatic rings. The first-order chi connectivity index (χ1) is 11.2. The van der Waals surface area contributed by atoms with Gasteiger partial charge in [-0.3, -0.25) is 4.79 Å². The number of rotatable bonds is 5. The Morgan fingerprint density at radius 1 is 1.17 bits per heavy atom. The van der Waals surface area contributed by atoms with Crippen LogP contribution >= 0.6 is 0 Å². The Kier molecular flexibility index (Phi) is 4.33. The summed E-state index contributed by atoms with van der Waals surface area (Å²) in [5, 5.41) is 3.99.